The minimum Gasteiger partial charge on any atom is -0.497 e. The SMILES string of the molecule is COc1ccc2c(c1)[C@@]1(O[C@H](CC(=O)N3CCC[C@H]3CO)[C@@H]([Si](C)(C)O)[C@@H]1C)C(=O)N2Cc1ccc(N(C=O)c2ccccc2)cc1. The van der Waals surface area contributed by atoms with Crippen molar-refractivity contribution >= 4 is 43.6 Å². The smallest absolute Gasteiger partial charge is 0.264 e. The van der Waals surface area contributed by atoms with Gasteiger partial charge in [-0.3, -0.25) is 19.3 Å². The van der Waals surface area contributed by atoms with Crippen molar-refractivity contribution in [2.75, 3.05) is 30.1 Å². The lowest BCUT2D eigenvalue weighted by Crippen LogP contribution is -2.46. The quantitative estimate of drug-likeness (QED) is 0.240. The molecule has 248 valence electrons. The number of hydrogen-bond acceptors (Lipinski definition) is 7. The monoisotopic (exact) mass is 657 g/mol. The molecule has 10 nitrogen and oxygen atoms in total. The zero-order chi connectivity index (χ0) is 33.5. The van der Waals surface area contributed by atoms with Crippen LogP contribution in [0.4, 0.5) is 17.1 Å². The van der Waals surface area contributed by atoms with Crippen LogP contribution in [0.3, 0.4) is 0 Å². The van der Waals surface area contributed by atoms with E-state index in [2.05, 4.69) is 0 Å². The lowest BCUT2D eigenvalue weighted by Gasteiger charge is -2.33. The molecule has 0 aliphatic carbocycles. The summed E-state index contributed by atoms with van der Waals surface area (Å²) >= 11 is 0. The van der Waals surface area contributed by atoms with Gasteiger partial charge in [0.1, 0.15) is 5.75 Å². The molecule has 3 amide bonds. The Morgan fingerprint density at radius 3 is 2.45 bits per heavy atom. The summed E-state index contributed by atoms with van der Waals surface area (Å²) in [5, 5.41) is 9.85. The Hall–Kier alpha value is -4.03. The van der Waals surface area contributed by atoms with Crippen molar-refractivity contribution in [1.82, 2.24) is 4.90 Å². The molecule has 3 aromatic rings. The van der Waals surface area contributed by atoms with Crippen LogP contribution in [-0.4, -0.2) is 73.8 Å². The van der Waals surface area contributed by atoms with E-state index in [-0.39, 0.29) is 37.4 Å². The second-order valence-corrected chi connectivity index (χ2v) is 17.4. The van der Waals surface area contributed by atoms with E-state index >= 15 is 0 Å². The molecule has 0 aromatic heterocycles. The van der Waals surface area contributed by atoms with Crippen molar-refractivity contribution in [2.45, 2.75) is 69.1 Å². The summed E-state index contributed by atoms with van der Waals surface area (Å²) in [6.07, 6.45) is 1.69. The van der Waals surface area contributed by atoms with E-state index in [1.165, 1.54) is 0 Å². The van der Waals surface area contributed by atoms with Gasteiger partial charge in [0.15, 0.2) is 13.9 Å². The van der Waals surface area contributed by atoms with E-state index in [4.69, 9.17) is 9.47 Å². The Labute approximate surface area is 276 Å². The first-order valence-electron chi connectivity index (χ1n) is 16.2. The fraction of sp³-hybridized carbons (Fsp3) is 0.417. The van der Waals surface area contributed by atoms with Crippen LogP contribution < -0.4 is 14.5 Å². The van der Waals surface area contributed by atoms with Gasteiger partial charge in [0.05, 0.1) is 44.5 Å². The molecule has 47 heavy (non-hydrogen) atoms. The zero-order valence-corrected chi connectivity index (χ0v) is 28.3. The predicted molar refractivity (Wildman–Crippen MR) is 181 cm³/mol. The summed E-state index contributed by atoms with van der Waals surface area (Å²) in [6.45, 7) is 6.35. The number of para-hydroxylation sites is 1. The Kier molecular flexibility index (Phi) is 9.01. The highest BCUT2D eigenvalue weighted by Crippen LogP contribution is 2.60. The maximum absolute atomic E-state index is 14.8. The second kappa shape index (κ2) is 12.9. The van der Waals surface area contributed by atoms with Gasteiger partial charge in [-0.15, -0.1) is 0 Å². The third-order valence-electron chi connectivity index (χ3n) is 10.2. The number of anilines is 3. The van der Waals surface area contributed by atoms with Crippen LogP contribution in [0.2, 0.25) is 18.6 Å². The number of carbonyl (C=O) groups excluding carboxylic acids is 3. The number of aliphatic hydroxyl groups is 1. The Morgan fingerprint density at radius 1 is 1.11 bits per heavy atom. The molecule has 2 fully saturated rings. The van der Waals surface area contributed by atoms with Crippen LogP contribution in [0.15, 0.2) is 72.8 Å². The topological polar surface area (TPSA) is 120 Å². The normalized spacial score (nSPS) is 25.4. The summed E-state index contributed by atoms with van der Waals surface area (Å²) in [7, 11) is -1.40. The van der Waals surface area contributed by atoms with Crippen molar-refractivity contribution in [3.05, 3.63) is 83.9 Å². The number of methoxy groups -OCH3 is 1. The number of aliphatic hydroxyl groups excluding tert-OH is 1. The third kappa shape index (κ3) is 5.75. The van der Waals surface area contributed by atoms with Gasteiger partial charge >= 0.3 is 0 Å². The highest BCUT2D eigenvalue weighted by molar-refractivity contribution is 6.71. The van der Waals surface area contributed by atoms with Gasteiger partial charge in [-0.05, 0) is 74.0 Å². The fourth-order valence-electron chi connectivity index (χ4n) is 7.99. The molecule has 3 aliphatic heterocycles. The number of amides is 3. The molecular weight excluding hydrogens is 614 g/mol. The van der Waals surface area contributed by atoms with Crippen molar-refractivity contribution < 1.29 is 33.8 Å². The summed E-state index contributed by atoms with van der Waals surface area (Å²) < 4.78 is 12.4. The van der Waals surface area contributed by atoms with Crippen LogP contribution in [0.5, 0.6) is 5.75 Å². The number of carbonyl (C=O) groups is 3. The van der Waals surface area contributed by atoms with Crippen LogP contribution in [0.25, 0.3) is 0 Å². The van der Waals surface area contributed by atoms with Gasteiger partial charge in [-0.25, -0.2) is 0 Å². The first kappa shape index (κ1) is 32.9. The van der Waals surface area contributed by atoms with Gasteiger partial charge in [-0.1, -0.05) is 37.3 Å². The molecule has 6 rings (SSSR count). The Morgan fingerprint density at radius 2 is 1.81 bits per heavy atom. The van der Waals surface area contributed by atoms with Crippen molar-refractivity contribution in [1.29, 1.82) is 0 Å². The molecule has 11 heteroatoms. The fourth-order valence-corrected chi connectivity index (χ4v) is 10.5. The molecule has 3 aromatic carbocycles. The van der Waals surface area contributed by atoms with Gasteiger partial charge in [0, 0.05) is 34.9 Å². The van der Waals surface area contributed by atoms with E-state index < -0.39 is 31.5 Å². The molecule has 0 bridgehead atoms. The average molecular weight is 658 g/mol. The molecule has 2 saturated heterocycles. The van der Waals surface area contributed by atoms with Crippen LogP contribution in [0, 0.1) is 5.92 Å². The Bertz CT molecular complexity index is 1630. The van der Waals surface area contributed by atoms with Crippen molar-refractivity contribution in [3.8, 4) is 5.75 Å². The van der Waals surface area contributed by atoms with Gasteiger partial charge in [0.25, 0.3) is 5.91 Å². The molecular formula is C36H43N3O7Si. The molecule has 0 saturated carbocycles. The van der Waals surface area contributed by atoms with E-state index in [0.717, 1.165) is 30.5 Å². The summed E-state index contributed by atoms with van der Waals surface area (Å²) in [6, 6.07) is 22.2. The number of likely N-dealkylation sites (tertiary alicyclic amines) is 1. The minimum atomic E-state index is -2.97. The number of nitrogens with zero attached hydrogens (tertiary/aromatic N) is 3. The maximum atomic E-state index is 14.8. The first-order chi connectivity index (χ1) is 22.5. The summed E-state index contributed by atoms with van der Waals surface area (Å²) in [5.41, 5.74) is 1.82. The number of rotatable bonds is 10. The van der Waals surface area contributed by atoms with Gasteiger partial charge in [-0.2, -0.15) is 0 Å². The lowest BCUT2D eigenvalue weighted by atomic mass is 9.82. The van der Waals surface area contributed by atoms with Crippen molar-refractivity contribution in [3.63, 3.8) is 0 Å². The molecule has 3 heterocycles. The molecule has 3 aliphatic rings. The number of fused-ring (bicyclic) bond motifs is 2. The highest BCUT2D eigenvalue weighted by atomic mass is 28.4. The average Bonchev–Trinajstić information content (AvgIpc) is 3.73. The predicted octanol–water partition coefficient (Wildman–Crippen LogP) is 4.71. The van der Waals surface area contributed by atoms with Gasteiger partial charge < -0.3 is 29.2 Å². The molecule has 2 N–H and O–H groups in total. The van der Waals surface area contributed by atoms with Gasteiger partial charge in [0.2, 0.25) is 12.3 Å². The third-order valence-corrected chi connectivity index (χ3v) is 12.7. The first-order valence-corrected chi connectivity index (χ1v) is 19.3. The largest absolute Gasteiger partial charge is 0.497 e. The van der Waals surface area contributed by atoms with Crippen LogP contribution in [0.1, 0.15) is 37.3 Å². The zero-order valence-electron chi connectivity index (χ0n) is 27.3. The number of ether oxygens (including phenoxy) is 2. The van der Waals surface area contributed by atoms with E-state index in [9.17, 15) is 24.3 Å². The molecule has 1 spiro atoms. The van der Waals surface area contributed by atoms with E-state index in [1.54, 1.807) is 21.8 Å². The van der Waals surface area contributed by atoms with E-state index in [1.807, 2.05) is 92.8 Å². The highest BCUT2D eigenvalue weighted by Gasteiger charge is 2.66. The molecule has 0 unspecified atom stereocenters. The molecule has 0 radical (unpaired) electrons. The summed E-state index contributed by atoms with van der Waals surface area (Å²) in [5.74, 6) is -0.236. The summed E-state index contributed by atoms with van der Waals surface area (Å²) in [4.78, 5) is 56.9. The van der Waals surface area contributed by atoms with Crippen LogP contribution >= 0.6 is 0 Å². The number of benzene rings is 3. The molecule has 5 atom stereocenters. The second-order valence-electron chi connectivity index (χ2n) is 13.4. The van der Waals surface area contributed by atoms with Crippen molar-refractivity contribution in [2.24, 2.45) is 5.92 Å². The lowest BCUT2D eigenvalue weighted by molar-refractivity contribution is -0.150. The maximum Gasteiger partial charge on any atom is 0.264 e. The van der Waals surface area contributed by atoms with E-state index in [0.29, 0.717) is 29.2 Å². The standard InChI is InChI=1S/C36H43N3O7Si/c1-24-34(47(3,4)44)32(20-33(42)37-18-8-11-28(37)22-40)46-36(24)30-19-29(45-2)16-17-31(30)38(35(36)43)21-25-12-14-27(15-13-25)39(23-41)26-9-6-5-7-10-26/h5-7,9-10,12-17,19,23-24,28,32,34,40,44H,8,11,18,20-22H2,1-4H3/t24-,28-,32+,34-,36+/m0/s1. The Balaban J connectivity index is 1.33. The minimum absolute atomic E-state index is 0.0208. The van der Waals surface area contributed by atoms with Crippen LogP contribution in [-0.2, 0) is 31.3 Å². The number of hydrogen-bond donors (Lipinski definition) is 2.